The van der Waals surface area contributed by atoms with Crippen LogP contribution in [-0.4, -0.2) is 65.9 Å². The summed E-state index contributed by atoms with van der Waals surface area (Å²) < 4.78 is 21.8. The van der Waals surface area contributed by atoms with Crippen molar-refractivity contribution in [2.24, 2.45) is 0 Å². The summed E-state index contributed by atoms with van der Waals surface area (Å²) in [7, 11) is 0. The minimum absolute atomic E-state index is 0.682. The summed E-state index contributed by atoms with van der Waals surface area (Å²) in [5, 5.41) is 3.26. The van der Waals surface area contributed by atoms with Gasteiger partial charge < -0.3 is 24.3 Å². The van der Waals surface area contributed by atoms with Crippen LogP contribution in [0.25, 0.3) is 0 Å². The number of nitrogens with one attached hydrogen (secondary N) is 1. The smallest absolute Gasteiger partial charge is 0.0701 e. The number of hydrogen-bond donors (Lipinski definition) is 1. The maximum Gasteiger partial charge on any atom is 0.0701 e. The average molecular weight is 261 g/mol. The van der Waals surface area contributed by atoms with E-state index < -0.39 is 0 Å². The Morgan fingerprint density at radius 2 is 0.889 bits per heavy atom. The third kappa shape index (κ3) is 10.9. The zero-order chi connectivity index (χ0) is 12.7. The normalized spacial score (nSPS) is 24.0. The standard InChI is InChI=1S/C13H27NO4/c1-2-6-15-10-12-17-8-4-14-5-9-18-13-11-16-7-3-1/h14H,1-13H2. The first-order chi connectivity index (χ1) is 9.00. The zero-order valence-electron chi connectivity index (χ0n) is 11.3. The summed E-state index contributed by atoms with van der Waals surface area (Å²) in [4.78, 5) is 0. The summed E-state index contributed by atoms with van der Waals surface area (Å²) in [5.41, 5.74) is 0. The summed E-state index contributed by atoms with van der Waals surface area (Å²) in [6.45, 7) is 7.58. The van der Waals surface area contributed by atoms with Crippen LogP contribution in [0.15, 0.2) is 0 Å². The lowest BCUT2D eigenvalue weighted by molar-refractivity contribution is 0.0355. The molecular formula is C13H27NO4. The van der Waals surface area contributed by atoms with Crippen molar-refractivity contribution in [1.82, 2.24) is 5.32 Å². The van der Waals surface area contributed by atoms with Gasteiger partial charge in [0.25, 0.3) is 0 Å². The SMILES string of the molecule is C1CCOCCOCCNCCOCCOCC1. The van der Waals surface area contributed by atoms with E-state index in [1.54, 1.807) is 0 Å². The second-order valence-corrected chi connectivity index (χ2v) is 4.26. The largest absolute Gasteiger partial charge is 0.379 e. The molecule has 0 radical (unpaired) electrons. The summed E-state index contributed by atoms with van der Waals surface area (Å²) in [6, 6.07) is 0. The fraction of sp³-hybridized carbons (Fsp3) is 1.00. The van der Waals surface area contributed by atoms with Crippen LogP contribution < -0.4 is 5.32 Å². The van der Waals surface area contributed by atoms with E-state index in [9.17, 15) is 0 Å². The average Bonchev–Trinajstić information content (AvgIpc) is 2.39. The van der Waals surface area contributed by atoms with Gasteiger partial charge in [-0.3, -0.25) is 0 Å². The third-order valence-corrected chi connectivity index (χ3v) is 2.67. The van der Waals surface area contributed by atoms with Crippen LogP contribution in [0.3, 0.4) is 0 Å². The molecule has 0 saturated carbocycles. The van der Waals surface area contributed by atoms with Crippen molar-refractivity contribution in [2.45, 2.75) is 19.3 Å². The number of ether oxygens (including phenoxy) is 4. The molecule has 108 valence electrons. The zero-order valence-corrected chi connectivity index (χ0v) is 11.3. The van der Waals surface area contributed by atoms with Gasteiger partial charge >= 0.3 is 0 Å². The molecule has 1 aliphatic heterocycles. The first kappa shape index (κ1) is 15.9. The maximum absolute atomic E-state index is 5.47. The van der Waals surface area contributed by atoms with Crippen molar-refractivity contribution >= 4 is 0 Å². The highest BCUT2D eigenvalue weighted by atomic mass is 16.5. The fourth-order valence-corrected chi connectivity index (χ4v) is 1.64. The fourth-order valence-electron chi connectivity index (χ4n) is 1.64. The van der Waals surface area contributed by atoms with Crippen molar-refractivity contribution in [3.8, 4) is 0 Å². The molecule has 1 rings (SSSR count). The Kier molecular flexibility index (Phi) is 11.7. The third-order valence-electron chi connectivity index (χ3n) is 2.67. The molecule has 1 heterocycles. The van der Waals surface area contributed by atoms with E-state index in [2.05, 4.69) is 5.32 Å². The quantitative estimate of drug-likeness (QED) is 0.700. The van der Waals surface area contributed by atoms with Gasteiger partial charge in [-0.1, -0.05) is 0 Å². The van der Waals surface area contributed by atoms with Crippen molar-refractivity contribution < 1.29 is 18.9 Å². The second kappa shape index (κ2) is 13.2. The lowest BCUT2D eigenvalue weighted by atomic mass is 10.2. The monoisotopic (exact) mass is 261 g/mol. The molecule has 0 aromatic rings. The van der Waals surface area contributed by atoms with E-state index in [1.165, 1.54) is 0 Å². The van der Waals surface area contributed by atoms with Gasteiger partial charge in [0.2, 0.25) is 0 Å². The van der Waals surface area contributed by atoms with Gasteiger partial charge in [0.05, 0.1) is 39.6 Å². The molecule has 0 aliphatic carbocycles. The molecule has 0 spiro atoms. The Morgan fingerprint density at radius 1 is 0.444 bits per heavy atom. The molecule has 0 amide bonds. The van der Waals surface area contributed by atoms with E-state index in [0.717, 1.165) is 58.8 Å². The predicted molar refractivity (Wildman–Crippen MR) is 70.0 cm³/mol. The van der Waals surface area contributed by atoms with E-state index in [-0.39, 0.29) is 0 Å². The van der Waals surface area contributed by atoms with Crippen molar-refractivity contribution in [1.29, 1.82) is 0 Å². The molecule has 1 saturated heterocycles. The molecule has 5 heteroatoms. The van der Waals surface area contributed by atoms with E-state index in [4.69, 9.17) is 18.9 Å². The molecule has 1 fully saturated rings. The molecule has 0 aromatic carbocycles. The highest BCUT2D eigenvalue weighted by molar-refractivity contribution is 4.46. The predicted octanol–water partition coefficient (Wildman–Crippen LogP) is 0.826. The first-order valence-electron chi connectivity index (χ1n) is 7.02. The Hall–Kier alpha value is -0.200. The van der Waals surface area contributed by atoms with Crippen molar-refractivity contribution in [3.05, 3.63) is 0 Å². The lowest BCUT2D eigenvalue weighted by Crippen LogP contribution is -2.25. The molecule has 18 heavy (non-hydrogen) atoms. The van der Waals surface area contributed by atoms with Crippen LogP contribution in [0.2, 0.25) is 0 Å². The van der Waals surface area contributed by atoms with Crippen LogP contribution in [0.1, 0.15) is 19.3 Å². The summed E-state index contributed by atoms with van der Waals surface area (Å²) >= 11 is 0. The molecule has 1 N–H and O–H groups in total. The van der Waals surface area contributed by atoms with Crippen molar-refractivity contribution in [3.63, 3.8) is 0 Å². The molecule has 1 aliphatic rings. The summed E-state index contributed by atoms with van der Waals surface area (Å²) in [6.07, 6.45) is 3.36. The highest BCUT2D eigenvalue weighted by Gasteiger charge is 1.95. The maximum atomic E-state index is 5.47. The van der Waals surface area contributed by atoms with E-state index in [1.807, 2.05) is 0 Å². The number of hydrogen-bond acceptors (Lipinski definition) is 5. The lowest BCUT2D eigenvalue weighted by Gasteiger charge is -2.09. The molecule has 0 atom stereocenters. The Bertz CT molecular complexity index is 94.0. The Balaban J connectivity index is 2.00. The van der Waals surface area contributed by atoms with Gasteiger partial charge in [0.1, 0.15) is 0 Å². The molecule has 0 unspecified atom stereocenters. The minimum Gasteiger partial charge on any atom is -0.379 e. The topological polar surface area (TPSA) is 49.0 Å². The van der Waals surface area contributed by atoms with Gasteiger partial charge in [0.15, 0.2) is 0 Å². The van der Waals surface area contributed by atoms with Crippen LogP contribution in [-0.2, 0) is 18.9 Å². The Labute approximate surface area is 110 Å². The van der Waals surface area contributed by atoms with Crippen LogP contribution in [0, 0.1) is 0 Å². The van der Waals surface area contributed by atoms with Crippen molar-refractivity contribution in [2.75, 3.05) is 65.9 Å². The highest BCUT2D eigenvalue weighted by Crippen LogP contribution is 1.96. The van der Waals surface area contributed by atoms with Gasteiger partial charge in [0, 0.05) is 26.3 Å². The first-order valence-corrected chi connectivity index (χ1v) is 7.02. The van der Waals surface area contributed by atoms with Crippen LogP contribution >= 0.6 is 0 Å². The second-order valence-electron chi connectivity index (χ2n) is 4.26. The number of rotatable bonds is 0. The molecule has 0 aromatic heterocycles. The van der Waals surface area contributed by atoms with Gasteiger partial charge in [-0.05, 0) is 19.3 Å². The van der Waals surface area contributed by atoms with Gasteiger partial charge in [-0.2, -0.15) is 0 Å². The minimum atomic E-state index is 0.682. The van der Waals surface area contributed by atoms with Crippen LogP contribution in [0.4, 0.5) is 0 Å². The van der Waals surface area contributed by atoms with E-state index in [0.29, 0.717) is 26.4 Å². The van der Waals surface area contributed by atoms with Gasteiger partial charge in [-0.25, -0.2) is 0 Å². The Morgan fingerprint density at radius 3 is 1.39 bits per heavy atom. The molecular weight excluding hydrogens is 234 g/mol. The molecule has 0 bridgehead atoms. The molecule has 5 nitrogen and oxygen atoms in total. The van der Waals surface area contributed by atoms with E-state index >= 15 is 0 Å². The van der Waals surface area contributed by atoms with Crippen LogP contribution in [0.5, 0.6) is 0 Å². The van der Waals surface area contributed by atoms with Gasteiger partial charge in [-0.15, -0.1) is 0 Å². The summed E-state index contributed by atoms with van der Waals surface area (Å²) in [5.74, 6) is 0.